The van der Waals surface area contributed by atoms with Crippen LogP contribution in [0.2, 0.25) is 0 Å². The molecule has 5 rings (SSSR count). The lowest BCUT2D eigenvalue weighted by Crippen LogP contribution is -2.48. The van der Waals surface area contributed by atoms with Crippen LogP contribution in [-0.2, 0) is 6.18 Å². The Morgan fingerprint density at radius 2 is 1.74 bits per heavy atom. The van der Waals surface area contributed by atoms with E-state index >= 15 is 0 Å². The van der Waals surface area contributed by atoms with E-state index < -0.39 is 11.7 Å². The third-order valence-corrected chi connectivity index (χ3v) is 5.40. The summed E-state index contributed by atoms with van der Waals surface area (Å²) < 4.78 is 44.0. The van der Waals surface area contributed by atoms with Crippen molar-refractivity contribution in [1.29, 1.82) is 0 Å². The van der Waals surface area contributed by atoms with Crippen LogP contribution < -0.4 is 0 Å². The SMILES string of the molecule is O=C(c1ccc2ccccc2c1)N1CC(c2nc(-c3cccc(C(F)(F)F)c3)no2)C1. The summed E-state index contributed by atoms with van der Waals surface area (Å²) in [5.74, 6) is 0.187. The quantitative estimate of drug-likeness (QED) is 0.457. The minimum absolute atomic E-state index is 0.0837. The van der Waals surface area contributed by atoms with E-state index in [9.17, 15) is 18.0 Å². The fraction of sp³-hybridized carbons (Fsp3) is 0.174. The zero-order valence-corrected chi connectivity index (χ0v) is 16.1. The van der Waals surface area contributed by atoms with E-state index in [0.717, 1.165) is 22.9 Å². The zero-order valence-electron chi connectivity index (χ0n) is 16.1. The molecule has 1 saturated heterocycles. The normalized spacial score (nSPS) is 14.6. The summed E-state index contributed by atoms with van der Waals surface area (Å²) in [6.07, 6.45) is -4.44. The molecule has 3 aromatic carbocycles. The largest absolute Gasteiger partial charge is 0.416 e. The monoisotopic (exact) mass is 423 g/mol. The molecule has 0 N–H and O–H groups in total. The lowest BCUT2D eigenvalue weighted by molar-refractivity contribution is -0.137. The van der Waals surface area contributed by atoms with Gasteiger partial charge in [0.2, 0.25) is 11.7 Å². The minimum atomic E-state index is -4.44. The molecule has 1 aliphatic heterocycles. The second-order valence-corrected chi connectivity index (χ2v) is 7.50. The van der Waals surface area contributed by atoms with Crippen molar-refractivity contribution in [2.45, 2.75) is 12.1 Å². The fourth-order valence-corrected chi connectivity index (χ4v) is 3.66. The van der Waals surface area contributed by atoms with Gasteiger partial charge < -0.3 is 9.42 Å². The predicted octanol–water partition coefficient (Wildman–Crippen LogP) is 5.15. The highest BCUT2D eigenvalue weighted by atomic mass is 19.4. The molecule has 1 amide bonds. The van der Waals surface area contributed by atoms with Gasteiger partial charge in [-0.15, -0.1) is 0 Å². The number of rotatable bonds is 3. The van der Waals surface area contributed by atoms with E-state index in [2.05, 4.69) is 10.1 Å². The zero-order chi connectivity index (χ0) is 21.6. The molecule has 4 aromatic rings. The molecule has 0 unspecified atom stereocenters. The number of amides is 1. The lowest BCUT2D eigenvalue weighted by Gasteiger charge is -2.37. The van der Waals surface area contributed by atoms with Gasteiger partial charge in [-0.2, -0.15) is 18.2 Å². The molecule has 1 aromatic heterocycles. The molecule has 1 aliphatic rings. The van der Waals surface area contributed by atoms with Crippen molar-refractivity contribution in [3.8, 4) is 11.4 Å². The van der Waals surface area contributed by atoms with Crippen LogP contribution in [0.25, 0.3) is 22.2 Å². The van der Waals surface area contributed by atoms with Gasteiger partial charge in [-0.3, -0.25) is 4.79 Å². The van der Waals surface area contributed by atoms with E-state index in [4.69, 9.17) is 4.52 Å². The summed E-state index contributed by atoms with van der Waals surface area (Å²) in [5, 5.41) is 5.87. The van der Waals surface area contributed by atoms with Gasteiger partial charge in [0, 0.05) is 24.2 Å². The topological polar surface area (TPSA) is 59.2 Å². The van der Waals surface area contributed by atoms with Crippen LogP contribution in [0, 0.1) is 0 Å². The van der Waals surface area contributed by atoms with Gasteiger partial charge in [0.1, 0.15) is 0 Å². The van der Waals surface area contributed by atoms with Crippen LogP contribution in [0.3, 0.4) is 0 Å². The van der Waals surface area contributed by atoms with Crippen molar-refractivity contribution in [3.63, 3.8) is 0 Å². The molecule has 1 fully saturated rings. The van der Waals surface area contributed by atoms with Gasteiger partial charge >= 0.3 is 6.18 Å². The number of benzene rings is 3. The number of carbonyl (C=O) groups is 1. The van der Waals surface area contributed by atoms with Gasteiger partial charge in [-0.1, -0.05) is 47.6 Å². The number of likely N-dealkylation sites (tertiary alicyclic amines) is 1. The maximum absolute atomic E-state index is 12.9. The molecular weight excluding hydrogens is 407 g/mol. The summed E-state index contributed by atoms with van der Waals surface area (Å²) in [6.45, 7) is 0.825. The summed E-state index contributed by atoms with van der Waals surface area (Å²) in [4.78, 5) is 18.7. The van der Waals surface area contributed by atoms with Crippen LogP contribution in [0.4, 0.5) is 13.2 Å². The average molecular weight is 423 g/mol. The van der Waals surface area contributed by atoms with Crippen molar-refractivity contribution in [1.82, 2.24) is 15.0 Å². The molecule has 0 atom stereocenters. The number of carbonyl (C=O) groups excluding carboxylic acids is 1. The summed E-state index contributed by atoms with van der Waals surface area (Å²) >= 11 is 0. The average Bonchev–Trinajstić information content (AvgIpc) is 3.21. The van der Waals surface area contributed by atoms with Crippen molar-refractivity contribution >= 4 is 16.7 Å². The summed E-state index contributed by atoms with van der Waals surface area (Å²) in [6, 6.07) is 18.2. The molecule has 0 saturated carbocycles. The standard InChI is InChI=1S/C23H16F3N3O2/c24-23(25,26)19-7-3-6-16(11-19)20-27-21(31-28-20)18-12-29(13-18)22(30)17-9-8-14-4-1-2-5-15(14)10-17/h1-11,18H,12-13H2. The molecular formula is C23H16F3N3O2. The first-order valence-electron chi connectivity index (χ1n) is 9.68. The Kier molecular flexibility index (Phi) is 4.50. The number of halogens is 3. The Bertz CT molecular complexity index is 1280. The third kappa shape index (κ3) is 3.65. The maximum atomic E-state index is 12.9. The number of alkyl halides is 3. The smallest absolute Gasteiger partial charge is 0.339 e. The van der Waals surface area contributed by atoms with Crippen LogP contribution in [0.1, 0.15) is 27.7 Å². The molecule has 5 nitrogen and oxygen atoms in total. The Labute approximate surface area is 175 Å². The van der Waals surface area contributed by atoms with Crippen molar-refractivity contribution in [2.75, 3.05) is 13.1 Å². The summed E-state index contributed by atoms with van der Waals surface area (Å²) in [5.41, 5.74) is 0.0627. The maximum Gasteiger partial charge on any atom is 0.416 e. The summed E-state index contributed by atoms with van der Waals surface area (Å²) in [7, 11) is 0. The first-order chi connectivity index (χ1) is 14.9. The molecule has 156 valence electrons. The molecule has 31 heavy (non-hydrogen) atoms. The van der Waals surface area contributed by atoms with Crippen LogP contribution in [0.15, 0.2) is 71.3 Å². The van der Waals surface area contributed by atoms with Gasteiger partial charge in [0.05, 0.1) is 11.5 Å². The van der Waals surface area contributed by atoms with E-state index in [0.29, 0.717) is 24.5 Å². The second kappa shape index (κ2) is 7.23. The Morgan fingerprint density at radius 1 is 0.968 bits per heavy atom. The molecule has 0 aliphatic carbocycles. The number of hydrogen-bond donors (Lipinski definition) is 0. The molecule has 8 heteroatoms. The highest BCUT2D eigenvalue weighted by Crippen LogP contribution is 2.33. The Balaban J connectivity index is 1.28. The van der Waals surface area contributed by atoms with Crippen molar-refractivity contribution in [3.05, 3.63) is 83.7 Å². The Hall–Kier alpha value is -3.68. The predicted molar refractivity (Wildman–Crippen MR) is 107 cm³/mol. The highest BCUT2D eigenvalue weighted by Gasteiger charge is 2.36. The highest BCUT2D eigenvalue weighted by molar-refractivity contribution is 5.99. The minimum Gasteiger partial charge on any atom is -0.339 e. The third-order valence-electron chi connectivity index (χ3n) is 5.40. The number of hydrogen-bond acceptors (Lipinski definition) is 4. The van der Waals surface area contributed by atoms with Crippen LogP contribution >= 0.6 is 0 Å². The number of fused-ring (bicyclic) bond motifs is 1. The first kappa shape index (κ1) is 19.3. The van der Waals surface area contributed by atoms with Gasteiger partial charge in [0.25, 0.3) is 5.91 Å². The van der Waals surface area contributed by atoms with Gasteiger partial charge in [0.15, 0.2) is 0 Å². The van der Waals surface area contributed by atoms with E-state index in [1.165, 1.54) is 12.1 Å². The number of nitrogens with zero attached hydrogens (tertiary/aromatic N) is 3. The fourth-order valence-electron chi connectivity index (χ4n) is 3.66. The van der Waals surface area contributed by atoms with Crippen LogP contribution in [0.5, 0.6) is 0 Å². The van der Waals surface area contributed by atoms with Crippen molar-refractivity contribution in [2.24, 2.45) is 0 Å². The molecule has 0 spiro atoms. The second-order valence-electron chi connectivity index (χ2n) is 7.50. The van der Waals surface area contributed by atoms with Crippen LogP contribution in [-0.4, -0.2) is 34.0 Å². The van der Waals surface area contributed by atoms with Gasteiger partial charge in [-0.25, -0.2) is 0 Å². The number of aromatic nitrogens is 2. The molecule has 0 radical (unpaired) electrons. The van der Waals surface area contributed by atoms with Crippen molar-refractivity contribution < 1.29 is 22.5 Å². The molecule has 0 bridgehead atoms. The van der Waals surface area contributed by atoms with E-state index in [1.54, 1.807) is 11.0 Å². The van der Waals surface area contributed by atoms with E-state index in [-0.39, 0.29) is 23.2 Å². The van der Waals surface area contributed by atoms with Gasteiger partial charge in [-0.05, 0) is 35.0 Å². The van der Waals surface area contributed by atoms with E-state index in [1.807, 2.05) is 36.4 Å². The Morgan fingerprint density at radius 3 is 2.52 bits per heavy atom. The first-order valence-corrected chi connectivity index (χ1v) is 9.68. The molecule has 2 heterocycles. The lowest BCUT2D eigenvalue weighted by atomic mass is 9.98.